The van der Waals surface area contributed by atoms with Crippen molar-refractivity contribution in [3.05, 3.63) is 82.8 Å². The molecule has 1 aliphatic rings. The molecule has 2 aromatic heterocycles. The maximum atomic E-state index is 13.1. The second kappa shape index (κ2) is 7.51. The van der Waals surface area contributed by atoms with Crippen molar-refractivity contribution in [2.45, 2.75) is 26.4 Å². The van der Waals surface area contributed by atoms with Gasteiger partial charge in [0.15, 0.2) is 0 Å². The third-order valence-corrected chi connectivity index (χ3v) is 5.07. The topological polar surface area (TPSA) is 71.2 Å². The number of hydrogen-bond donors (Lipinski definition) is 0. The first-order valence-corrected chi connectivity index (χ1v) is 9.84. The number of aromatic nitrogens is 4. The fraction of sp³-hybridized carbons (Fsp3) is 0.174. The largest absolute Gasteiger partial charge is 0.449 e. The average molecular weight is 400 g/mol. The van der Waals surface area contributed by atoms with Gasteiger partial charge in [0.1, 0.15) is 17.2 Å². The zero-order valence-electron chi connectivity index (χ0n) is 16.5. The summed E-state index contributed by atoms with van der Waals surface area (Å²) in [5, 5.41) is 0. The molecule has 0 radical (unpaired) electrons. The van der Waals surface area contributed by atoms with E-state index in [1.54, 1.807) is 16.9 Å². The highest BCUT2D eigenvalue weighted by atomic mass is 16.5. The molecule has 0 atom stereocenters. The number of para-hydroxylation sites is 2. The highest BCUT2D eigenvalue weighted by molar-refractivity contribution is 5.64. The second-order valence-corrected chi connectivity index (χ2v) is 7.09. The van der Waals surface area contributed by atoms with Gasteiger partial charge in [-0.25, -0.2) is 9.67 Å². The van der Waals surface area contributed by atoms with Crippen molar-refractivity contribution in [2.24, 2.45) is 0 Å². The molecule has 7 heteroatoms. The number of rotatable bonds is 5. The van der Waals surface area contributed by atoms with Gasteiger partial charge >= 0.3 is 11.6 Å². The summed E-state index contributed by atoms with van der Waals surface area (Å²) in [6.07, 6.45) is 2.52. The molecule has 3 heterocycles. The van der Waals surface area contributed by atoms with E-state index >= 15 is 0 Å². The van der Waals surface area contributed by atoms with Gasteiger partial charge in [-0.1, -0.05) is 36.4 Å². The van der Waals surface area contributed by atoms with Gasteiger partial charge in [-0.05, 0) is 43.2 Å². The number of hydrogen-bond acceptors (Lipinski definition) is 5. The van der Waals surface area contributed by atoms with E-state index in [0.29, 0.717) is 29.4 Å². The van der Waals surface area contributed by atoms with Crippen LogP contribution >= 0.6 is 0 Å². The van der Waals surface area contributed by atoms with E-state index < -0.39 is 0 Å². The number of ether oxygens (including phenoxy) is 2. The van der Waals surface area contributed by atoms with Gasteiger partial charge < -0.3 is 9.47 Å². The Morgan fingerprint density at radius 2 is 1.67 bits per heavy atom. The average Bonchev–Trinajstić information content (AvgIpc) is 3.33. The van der Waals surface area contributed by atoms with Crippen LogP contribution in [0.25, 0.3) is 11.4 Å². The van der Waals surface area contributed by atoms with E-state index in [0.717, 1.165) is 18.5 Å². The lowest BCUT2D eigenvalue weighted by molar-refractivity contribution is 0.442. The van der Waals surface area contributed by atoms with Crippen LogP contribution in [0.1, 0.15) is 12.0 Å². The maximum Gasteiger partial charge on any atom is 0.322 e. The van der Waals surface area contributed by atoms with Crippen molar-refractivity contribution >= 4 is 0 Å². The lowest BCUT2D eigenvalue weighted by atomic mass is 10.2. The molecule has 0 saturated carbocycles. The van der Waals surface area contributed by atoms with Crippen molar-refractivity contribution in [2.75, 3.05) is 0 Å². The molecule has 2 aromatic carbocycles. The summed E-state index contributed by atoms with van der Waals surface area (Å²) in [4.78, 5) is 21.9. The van der Waals surface area contributed by atoms with Crippen molar-refractivity contribution in [1.29, 1.82) is 0 Å². The Kier molecular flexibility index (Phi) is 4.55. The number of nitrogens with zero attached hydrogens (tertiary/aromatic N) is 4. The van der Waals surface area contributed by atoms with Crippen LogP contribution < -0.4 is 15.0 Å². The zero-order valence-corrected chi connectivity index (χ0v) is 16.5. The lowest BCUT2D eigenvalue weighted by Gasteiger charge is -2.11. The fourth-order valence-electron chi connectivity index (χ4n) is 3.63. The minimum Gasteiger partial charge on any atom is -0.449 e. The summed E-state index contributed by atoms with van der Waals surface area (Å²) in [6.45, 7) is 3.33. The first-order valence-electron chi connectivity index (χ1n) is 9.84. The summed E-state index contributed by atoms with van der Waals surface area (Å²) < 4.78 is 15.6. The molecule has 0 saturated heterocycles. The van der Waals surface area contributed by atoms with Crippen LogP contribution in [-0.2, 0) is 13.1 Å². The van der Waals surface area contributed by atoms with Crippen LogP contribution in [-0.4, -0.2) is 19.3 Å². The summed E-state index contributed by atoms with van der Waals surface area (Å²) in [5.41, 5.74) is 2.02. The first-order chi connectivity index (χ1) is 14.7. The van der Waals surface area contributed by atoms with Crippen LogP contribution in [0.4, 0.5) is 0 Å². The van der Waals surface area contributed by atoms with Crippen molar-refractivity contribution in [3.63, 3.8) is 0 Å². The molecule has 0 unspecified atom stereocenters. The van der Waals surface area contributed by atoms with E-state index in [9.17, 15) is 4.79 Å². The van der Waals surface area contributed by atoms with E-state index in [2.05, 4.69) is 9.97 Å². The van der Waals surface area contributed by atoms with Crippen LogP contribution in [0, 0.1) is 6.92 Å². The molecule has 0 amide bonds. The van der Waals surface area contributed by atoms with Crippen LogP contribution in [0.15, 0.2) is 71.7 Å². The minimum atomic E-state index is -0.158. The zero-order chi connectivity index (χ0) is 20.5. The molecule has 0 bridgehead atoms. The van der Waals surface area contributed by atoms with Gasteiger partial charge in [-0.15, -0.1) is 0 Å². The molecule has 7 nitrogen and oxygen atoms in total. The summed E-state index contributed by atoms with van der Waals surface area (Å²) >= 11 is 0. The lowest BCUT2D eigenvalue weighted by Crippen LogP contribution is -2.17. The predicted molar refractivity (Wildman–Crippen MR) is 112 cm³/mol. The Hall–Kier alpha value is -3.87. The molecular formula is C23H20N4O3. The molecule has 0 spiro atoms. The SMILES string of the molecule is Cc1ccccc1Oc1c(-c2ccnc(Oc3ccccc3)n2)n2n(c1=O)CCC2. The van der Waals surface area contributed by atoms with E-state index in [1.807, 2.05) is 66.2 Å². The van der Waals surface area contributed by atoms with Gasteiger partial charge in [0.2, 0.25) is 5.75 Å². The number of benzene rings is 2. The first kappa shape index (κ1) is 18.2. The normalized spacial score (nSPS) is 12.6. The highest BCUT2D eigenvalue weighted by Crippen LogP contribution is 2.34. The van der Waals surface area contributed by atoms with Crippen LogP contribution in [0.2, 0.25) is 0 Å². The molecule has 5 rings (SSSR count). The minimum absolute atomic E-state index is 0.158. The Bertz CT molecular complexity index is 1260. The highest BCUT2D eigenvalue weighted by Gasteiger charge is 2.27. The summed E-state index contributed by atoms with van der Waals surface area (Å²) in [7, 11) is 0. The maximum absolute atomic E-state index is 13.1. The van der Waals surface area contributed by atoms with Gasteiger partial charge in [-0.2, -0.15) is 4.98 Å². The standard InChI is InChI=1S/C23H20N4O3/c1-16-8-5-6-11-19(16)30-21-20(26-14-7-15-27(26)22(21)28)18-12-13-24-23(25-18)29-17-9-3-2-4-10-17/h2-6,8-13H,7,14-15H2,1H3. The third kappa shape index (κ3) is 3.24. The van der Waals surface area contributed by atoms with Crippen LogP contribution in [0.5, 0.6) is 23.3 Å². The van der Waals surface area contributed by atoms with Crippen molar-refractivity contribution in [1.82, 2.24) is 19.3 Å². The smallest absolute Gasteiger partial charge is 0.322 e. The van der Waals surface area contributed by atoms with Gasteiger partial charge in [-0.3, -0.25) is 9.48 Å². The molecule has 150 valence electrons. The second-order valence-electron chi connectivity index (χ2n) is 7.09. The van der Waals surface area contributed by atoms with E-state index in [4.69, 9.17) is 9.47 Å². The number of fused-ring (bicyclic) bond motifs is 1. The quantitative estimate of drug-likeness (QED) is 0.496. The molecule has 0 aliphatic carbocycles. The monoisotopic (exact) mass is 400 g/mol. The van der Waals surface area contributed by atoms with E-state index in [-0.39, 0.29) is 17.3 Å². The Labute approximate surface area is 173 Å². The summed E-state index contributed by atoms with van der Waals surface area (Å²) in [6, 6.07) is 19.0. The molecule has 0 N–H and O–H groups in total. The molecule has 0 fully saturated rings. The predicted octanol–water partition coefficient (Wildman–Crippen LogP) is 4.40. The van der Waals surface area contributed by atoms with Crippen molar-refractivity contribution in [3.8, 4) is 34.6 Å². The fourth-order valence-corrected chi connectivity index (χ4v) is 3.63. The summed E-state index contributed by atoms with van der Waals surface area (Å²) in [5.74, 6) is 1.56. The Morgan fingerprint density at radius 3 is 2.50 bits per heavy atom. The number of aryl methyl sites for hydroxylation is 1. The van der Waals surface area contributed by atoms with Gasteiger partial charge in [0.25, 0.3) is 0 Å². The Morgan fingerprint density at radius 1 is 0.900 bits per heavy atom. The third-order valence-electron chi connectivity index (χ3n) is 5.07. The molecule has 30 heavy (non-hydrogen) atoms. The molecule has 1 aliphatic heterocycles. The molecular weight excluding hydrogens is 380 g/mol. The van der Waals surface area contributed by atoms with Crippen molar-refractivity contribution < 1.29 is 9.47 Å². The Balaban J connectivity index is 1.59. The van der Waals surface area contributed by atoms with Gasteiger partial charge in [0, 0.05) is 19.3 Å². The van der Waals surface area contributed by atoms with Crippen LogP contribution in [0.3, 0.4) is 0 Å². The van der Waals surface area contributed by atoms with E-state index in [1.165, 1.54) is 0 Å². The molecule has 4 aromatic rings. The van der Waals surface area contributed by atoms with Gasteiger partial charge in [0.05, 0.1) is 5.69 Å².